The summed E-state index contributed by atoms with van der Waals surface area (Å²) >= 11 is 3.02. The van der Waals surface area contributed by atoms with Crippen LogP contribution in [0.3, 0.4) is 0 Å². The number of hydrogen-bond acceptors (Lipinski definition) is 6. The zero-order valence-corrected chi connectivity index (χ0v) is 18.9. The summed E-state index contributed by atoms with van der Waals surface area (Å²) in [6, 6.07) is 9.12. The lowest BCUT2D eigenvalue weighted by Crippen LogP contribution is -2.35. The summed E-state index contributed by atoms with van der Waals surface area (Å²) in [7, 11) is 0. The van der Waals surface area contributed by atoms with E-state index >= 15 is 0 Å². The van der Waals surface area contributed by atoms with Crippen molar-refractivity contribution in [3.05, 3.63) is 40.8 Å². The average molecular weight is 443 g/mol. The summed E-state index contributed by atoms with van der Waals surface area (Å²) in [5, 5.41) is 3.93. The number of nitrogens with one attached hydrogen (secondary N) is 1. The van der Waals surface area contributed by atoms with Crippen LogP contribution in [0.25, 0.3) is 9.53 Å². The molecule has 1 aliphatic heterocycles. The second-order valence-corrected chi connectivity index (χ2v) is 9.38. The van der Waals surface area contributed by atoms with E-state index in [0.717, 1.165) is 53.7 Å². The second kappa shape index (κ2) is 9.14. The number of fused-ring (bicyclic) bond motifs is 1. The summed E-state index contributed by atoms with van der Waals surface area (Å²) in [5.74, 6) is -0.132. The van der Waals surface area contributed by atoms with Gasteiger partial charge in [-0.25, -0.2) is 4.98 Å². The highest BCUT2D eigenvalue weighted by atomic mass is 32.1. The van der Waals surface area contributed by atoms with Crippen molar-refractivity contribution in [1.29, 1.82) is 0 Å². The molecule has 30 heavy (non-hydrogen) atoms. The SMILES string of the molecule is CCN(CC)c1nc2sc(C(=O)Nc3cccc(C(=O)N4CCCCC4)c3)cc2s1. The van der Waals surface area contributed by atoms with Crippen molar-refractivity contribution >= 4 is 54.8 Å². The molecule has 8 heteroatoms. The van der Waals surface area contributed by atoms with E-state index in [0.29, 0.717) is 16.1 Å². The first-order valence-electron chi connectivity index (χ1n) is 10.4. The Morgan fingerprint density at radius 3 is 2.57 bits per heavy atom. The number of likely N-dealkylation sites (tertiary alicyclic amines) is 1. The number of aromatic nitrogens is 1. The molecule has 0 bridgehead atoms. The number of benzene rings is 1. The van der Waals surface area contributed by atoms with Crippen molar-refractivity contribution in [2.24, 2.45) is 0 Å². The number of thiophene rings is 1. The molecule has 1 saturated heterocycles. The number of rotatable bonds is 6. The van der Waals surface area contributed by atoms with Gasteiger partial charge >= 0.3 is 0 Å². The lowest BCUT2D eigenvalue weighted by molar-refractivity contribution is 0.0724. The normalized spacial score (nSPS) is 14.1. The number of anilines is 2. The minimum Gasteiger partial charge on any atom is -0.349 e. The van der Waals surface area contributed by atoms with Gasteiger partial charge in [0.15, 0.2) is 5.13 Å². The molecule has 0 radical (unpaired) electrons. The van der Waals surface area contributed by atoms with Crippen LogP contribution in [0.5, 0.6) is 0 Å². The van der Waals surface area contributed by atoms with Crippen molar-refractivity contribution < 1.29 is 9.59 Å². The summed E-state index contributed by atoms with van der Waals surface area (Å²) < 4.78 is 1.03. The smallest absolute Gasteiger partial charge is 0.265 e. The molecular weight excluding hydrogens is 416 g/mol. The Bertz CT molecular complexity index is 1020. The molecule has 158 valence electrons. The van der Waals surface area contributed by atoms with E-state index in [1.807, 2.05) is 29.2 Å². The molecule has 3 heterocycles. The third-order valence-electron chi connectivity index (χ3n) is 5.35. The van der Waals surface area contributed by atoms with Crippen LogP contribution in [0.15, 0.2) is 30.3 Å². The molecule has 0 aliphatic carbocycles. The third-order valence-corrected chi connectivity index (χ3v) is 7.57. The van der Waals surface area contributed by atoms with Crippen LogP contribution < -0.4 is 10.2 Å². The first-order valence-corrected chi connectivity index (χ1v) is 12.1. The predicted molar refractivity (Wildman–Crippen MR) is 125 cm³/mol. The Hall–Kier alpha value is -2.45. The molecule has 1 aliphatic rings. The van der Waals surface area contributed by atoms with E-state index in [1.165, 1.54) is 17.8 Å². The quantitative estimate of drug-likeness (QED) is 0.578. The lowest BCUT2D eigenvalue weighted by Gasteiger charge is -2.26. The molecule has 0 saturated carbocycles. The summed E-state index contributed by atoms with van der Waals surface area (Å²) in [6.45, 7) is 7.67. The van der Waals surface area contributed by atoms with Crippen molar-refractivity contribution in [2.75, 3.05) is 36.4 Å². The fraction of sp³-hybridized carbons (Fsp3) is 0.409. The van der Waals surface area contributed by atoms with Gasteiger partial charge in [0, 0.05) is 37.4 Å². The van der Waals surface area contributed by atoms with Gasteiger partial charge < -0.3 is 15.1 Å². The standard InChI is InChI=1S/C22H26N4O2S2/c1-3-25(4-2)22-24-20-18(30-22)14-17(29-20)19(27)23-16-10-8-9-15(13-16)21(28)26-11-6-5-7-12-26/h8-10,13-14H,3-7,11-12H2,1-2H3,(H,23,27). The highest BCUT2D eigenvalue weighted by Crippen LogP contribution is 2.35. The maximum atomic E-state index is 12.8. The molecule has 3 aromatic rings. The van der Waals surface area contributed by atoms with E-state index in [4.69, 9.17) is 0 Å². The molecule has 0 atom stereocenters. The molecule has 1 N–H and O–H groups in total. The largest absolute Gasteiger partial charge is 0.349 e. The van der Waals surface area contributed by atoms with Gasteiger partial charge in [-0.3, -0.25) is 9.59 Å². The fourth-order valence-electron chi connectivity index (χ4n) is 3.67. The molecule has 4 rings (SSSR count). The molecule has 2 aromatic heterocycles. The van der Waals surface area contributed by atoms with E-state index in [2.05, 4.69) is 29.0 Å². The summed E-state index contributed by atoms with van der Waals surface area (Å²) in [4.78, 5) is 35.8. The van der Waals surface area contributed by atoms with Crippen molar-refractivity contribution in [3.63, 3.8) is 0 Å². The van der Waals surface area contributed by atoms with Gasteiger partial charge in [-0.1, -0.05) is 17.4 Å². The van der Waals surface area contributed by atoms with E-state index in [-0.39, 0.29) is 11.8 Å². The highest BCUT2D eigenvalue weighted by Gasteiger charge is 2.19. The lowest BCUT2D eigenvalue weighted by atomic mass is 10.1. The maximum Gasteiger partial charge on any atom is 0.265 e. The van der Waals surface area contributed by atoms with E-state index in [9.17, 15) is 9.59 Å². The van der Waals surface area contributed by atoms with Gasteiger partial charge in [0.25, 0.3) is 11.8 Å². The zero-order valence-electron chi connectivity index (χ0n) is 17.3. The van der Waals surface area contributed by atoms with Crippen LogP contribution >= 0.6 is 22.7 Å². The molecule has 1 aromatic carbocycles. The average Bonchev–Trinajstić information content (AvgIpc) is 3.34. The van der Waals surface area contributed by atoms with Gasteiger partial charge in [-0.2, -0.15) is 0 Å². The zero-order chi connectivity index (χ0) is 21.1. The Labute approximate surface area is 184 Å². The molecule has 2 amide bonds. The third kappa shape index (κ3) is 4.34. The second-order valence-electron chi connectivity index (χ2n) is 7.34. The Kier molecular flexibility index (Phi) is 6.34. The number of carbonyl (C=O) groups excluding carboxylic acids is 2. The monoisotopic (exact) mass is 442 g/mol. The molecular formula is C22H26N4O2S2. The number of thiazole rings is 1. The van der Waals surface area contributed by atoms with Gasteiger partial charge in [-0.15, -0.1) is 11.3 Å². The first kappa shape index (κ1) is 20.8. The Morgan fingerprint density at radius 2 is 1.87 bits per heavy atom. The van der Waals surface area contributed by atoms with Crippen molar-refractivity contribution in [3.8, 4) is 0 Å². The minimum absolute atomic E-state index is 0.0376. The molecule has 0 spiro atoms. The van der Waals surface area contributed by atoms with Crippen LogP contribution in [0.1, 0.15) is 53.1 Å². The molecule has 6 nitrogen and oxygen atoms in total. The molecule has 0 unspecified atom stereocenters. The highest BCUT2D eigenvalue weighted by molar-refractivity contribution is 7.29. The molecule has 1 fully saturated rings. The first-order chi connectivity index (χ1) is 14.6. The number of carbonyl (C=O) groups is 2. The Morgan fingerprint density at radius 1 is 1.10 bits per heavy atom. The van der Waals surface area contributed by atoms with Gasteiger partial charge in [0.2, 0.25) is 0 Å². The van der Waals surface area contributed by atoms with E-state index < -0.39 is 0 Å². The number of hydrogen-bond donors (Lipinski definition) is 1. The number of amides is 2. The van der Waals surface area contributed by atoms with Crippen molar-refractivity contribution in [1.82, 2.24) is 9.88 Å². The Balaban J connectivity index is 1.47. The summed E-state index contributed by atoms with van der Waals surface area (Å²) in [6.07, 6.45) is 3.30. The van der Waals surface area contributed by atoms with Crippen LogP contribution in [-0.4, -0.2) is 47.9 Å². The van der Waals surface area contributed by atoms with Crippen LogP contribution in [-0.2, 0) is 0 Å². The summed E-state index contributed by atoms with van der Waals surface area (Å²) in [5.41, 5.74) is 1.25. The van der Waals surface area contributed by atoms with Crippen LogP contribution in [0, 0.1) is 0 Å². The van der Waals surface area contributed by atoms with E-state index in [1.54, 1.807) is 17.4 Å². The number of piperidine rings is 1. The van der Waals surface area contributed by atoms with Gasteiger partial charge in [-0.05, 0) is 57.4 Å². The minimum atomic E-state index is -0.169. The fourth-order valence-corrected chi connectivity index (χ4v) is 5.90. The van der Waals surface area contributed by atoms with Gasteiger partial charge in [0.05, 0.1) is 9.58 Å². The maximum absolute atomic E-state index is 12.8. The number of nitrogens with zero attached hydrogens (tertiary/aromatic N) is 3. The van der Waals surface area contributed by atoms with Crippen LogP contribution in [0.4, 0.5) is 10.8 Å². The van der Waals surface area contributed by atoms with Crippen molar-refractivity contribution in [2.45, 2.75) is 33.1 Å². The predicted octanol–water partition coefficient (Wildman–Crippen LogP) is 5.08. The van der Waals surface area contributed by atoms with Crippen LogP contribution in [0.2, 0.25) is 0 Å². The van der Waals surface area contributed by atoms with Gasteiger partial charge in [0.1, 0.15) is 4.83 Å². The topological polar surface area (TPSA) is 65.5 Å².